The Bertz CT molecular complexity index is 1650. The van der Waals surface area contributed by atoms with E-state index in [1.54, 1.807) is 37.7 Å². The van der Waals surface area contributed by atoms with E-state index < -0.39 is 48.3 Å². The van der Waals surface area contributed by atoms with Gasteiger partial charge in [0.25, 0.3) is 0 Å². The van der Waals surface area contributed by atoms with Gasteiger partial charge in [-0.2, -0.15) is 0 Å². The lowest BCUT2D eigenvalue weighted by molar-refractivity contribution is -0.144. The van der Waals surface area contributed by atoms with Gasteiger partial charge < -0.3 is 41.7 Å². The van der Waals surface area contributed by atoms with E-state index in [1.807, 2.05) is 60.7 Å². The van der Waals surface area contributed by atoms with E-state index in [1.165, 1.54) is 0 Å². The van der Waals surface area contributed by atoms with Crippen molar-refractivity contribution in [3.8, 4) is 0 Å². The topological polar surface area (TPSA) is 181 Å². The van der Waals surface area contributed by atoms with E-state index in [4.69, 9.17) is 0 Å². The largest absolute Gasteiger partial charge is 0.347 e. The van der Waals surface area contributed by atoms with Gasteiger partial charge in [-0.05, 0) is 96.9 Å². The van der Waals surface area contributed by atoms with Crippen LogP contribution in [-0.2, 0) is 28.8 Å². The molecular formula is C45H64N8O6. The number of hydrogen-bond acceptors (Lipinski definition) is 8. The van der Waals surface area contributed by atoms with Gasteiger partial charge in [0.15, 0.2) is 0 Å². The van der Waals surface area contributed by atoms with Crippen molar-refractivity contribution in [1.29, 1.82) is 0 Å². The zero-order valence-electron chi connectivity index (χ0n) is 35.1. The van der Waals surface area contributed by atoms with Crippen molar-refractivity contribution in [3.05, 3.63) is 71.8 Å². The van der Waals surface area contributed by atoms with E-state index in [0.29, 0.717) is 44.9 Å². The molecule has 4 aliphatic heterocycles. The molecule has 10 atom stereocenters. The molecule has 6 rings (SSSR count). The van der Waals surface area contributed by atoms with Gasteiger partial charge in [0.05, 0.1) is 24.2 Å². The number of nitrogens with zero attached hydrogens (tertiary/aromatic N) is 2. The van der Waals surface area contributed by atoms with Gasteiger partial charge in [0.2, 0.25) is 35.4 Å². The van der Waals surface area contributed by atoms with Crippen LogP contribution in [0.3, 0.4) is 0 Å². The van der Waals surface area contributed by atoms with Gasteiger partial charge >= 0.3 is 0 Å². The van der Waals surface area contributed by atoms with Crippen LogP contribution in [0.4, 0.5) is 0 Å². The highest BCUT2D eigenvalue weighted by Gasteiger charge is 2.46. The fourth-order valence-electron chi connectivity index (χ4n) is 9.40. The first-order valence-corrected chi connectivity index (χ1v) is 21.8. The molecule has 14 nitrogen and oxygen atoms in total. The number of fused-ring (bicyclic) bond motifs is 2. The molecule has 0 aliphatic carbocycles. The van der Waals surface area contributed by atoms with Gasteiger partial charge in [0, 0.05) is 12.1 Å². The number of carbonyl (C=O) groups is 6. The molecule has 0 bridgehead atoms. The molecule has 14 heteroatoms. The number of hydrogen-bond donors (Lipinski definition) is 6. The van der Waals surface area contributed by atoms with Crippen LogP contribution in [0.1, 0.15) is 121 Å². The fourth-order valence-corrected chi connectivity index (χ4v) is 9.40. The summed E-state index contributed by atoms with van der Waals surface area (Å²) in [5.41, 5.74) is 1.70. The molecule has 4 aliphatic rings. The van der Waals surface area contributed by atoms with Crippen LogP contribution < -0.4 is 31.9 Å². The van der Waals surface area contributed by atoms with Gasteiger partial charge in [-0.1, -0.05) is 86.3 Å². The average molecular weight is 813 g/mol. The fraction of sp³-hybridized carbons (Fsp3) is 0.600. The molecular weight excluding hydrogens is 749 g/mol. The van der Waals surface area contributed by atoms with Crippen molar-refractivity contribution in [2.75, 3.05) is 14.1 Å². The number of benzene rings is 2. The Morgan fingerprint density at radius 1 is 0.559 bits per heavy atom. The monoisotopic (exact) mass is 812 g/mol. The summed E-state index contributed by atoms with van der Waals surface area (Å²) in [5.74, 6) is -1.49. The molecule has 0 radical (unpaired) electrons. The predicted octanol–water partition coefficient (Wildman–Crippen LogP) is 3.14. The highest BCUT2D eigenvalue weighted by Crippen LogP contribution is 2.35. The second-order valence-corrected chi connectivity index (χ2v) is 16.9. The van der Waals surface area contributed by atoms with E-state index in [-0.39, 0.29) is 47.5 Å². The molecule has 59 heavy (non-hydrogen) atoms. The minimum Gasteiger partial charge on any atom is -0.347 e. The summed E-state index contributed by atoms with van der Waals surface area (Å²) < 4.78 is 0. The van der Waals surface area contributed by atoms with Crippen LogP contribution in [0.15, 0.2) is 60.7 Å². The minimum atomic E-state index is -0.712. The third kappa shape index (κ3) is 10.5. The van der Waals surface area contributed by atoms with Gasteiger partial charge in [-0.25, -0.2) is 0 Å². The second kappa shape index (κ2) is 20.4. The van der Waals surface area contributed by atoms with Crippen molar-refractivity contribution in [3.63, 3.8) is 0 Å². The maximum Gasteiger partial charge on any atom is 0.246 e. The standard InChI is InChI=1S/C45H64N8O6/c1-28(46-3)40(54)48-34-21-13-11-19-32-23-25-38(52(32)44(34)58)42(56)50-36(30-15-7-5-8-16-30)27-37(31-17-9-6-10-18-31)51-43(57)39-26-24-33-20-12-14-22-35(45(59)53(33)39)49-41(55)29(2)47-4/h5-10,15-18,28-29,32-39,46-47H,11-14,19-27H2,1-4H3,(H,48,54)(H,49,55)(H,50,56)(H,51,57)/t28-,29-,32-,33-,34-,35-,36+,37+,38-,39-/m0/s1. The van der Waals surface area contributed by atoms with Gasteiger partial charge in [-0.15, -0.1) is 0 Å². The van der Waals surface area contributed by atoms with Crippen molar-refractivity contribution >= 4 is 35.4 Å². The Morgan fingerprint density at radius 2 is 0.932 bits per heavy atom. The minimum absolute atomic E-state index is 0.0907. The van der Waals surface area contributed by atoms with Gasteiger partial charge in [-0.3, -0.25) is 28.8 Å². The molecule has 2 aromatic rings. The lowest BCUT2D eigenvalue weighted by Gasteiger charge is -2.37. The Hall–Kier alpha value is -4.82. The third-order valence-electron chi connectivity index (χ3n) is 13.1. The molecule has 0 saturated carbocycles. The molecule has 320 valence electrons. The van der Waals surface area contributed by atoms with Crippen LogP contribution in [0.2, 0.25) is 0 Å². The number of amides is 6. The van der Waals surface area contributed by atoms with Crippen LogP contribution in [-0.4, -0.2) is 108 Å². The first kappa shape index (κ1) is 43.8. The van der Waals surface area contributed by atoms with E-state index in [0.717, 1.165) is 49.7 Å². The summed E-state index contributed by atoms with van der Waals surface area (Å²) in [7, 11) is 3.40. The molecule has 0 unspecified atom stereocenters. The summed E-state index contributed by atoms with van der Waals surface area (Å²) in [6.07, 6.45) is 8.79. The van der Waals surface area contributed by atoms with Crippen molar-refractivity contribution in [2.24, 2.45) is 0 Å². The van der Waals surface area contributed by atoms with Crippen molar-refractivity contribution < 1.29 is 28.8 Å². The summed E-state index contributed by atoms with van der Waals surface area (Å²) in [4.78, 5) is 86.7. The number of nitrogens with one attached hydrogen (secondary N) is 6. The SMILES string of the molecule is CN[C@@H](C)C(=O)N[C@H]1CCCC[C@H]2CC[C@@H](C(=O)N[C@H](C[C@@H](NC(=O)[C@@H]3CC[C@@H]4CCCC[C@H](NC(=O)[C@H](C)NC)C(=O)N43)c3ccccc3)c3ccccc3)N2C1=O. The molecule has 4 fully saturated rings. The second-order valence-electron chi connectivity index (χ2n) is 16.9. The number of rotatable bonds is 14. The molecule has 0 aromatic heterocycles. The zero-order chi connectivity index (χ0) is 42.1. The third-order valence-corrected chi connectivity index (χ3v) is 13.1. The highest BCUT2D eigenvalue weighted by molar-refractivity contribution is 5.95. The molecule has 6 N–H and O–H groups in total. The van der Waals surface area contributed by atoms with E-state index >= 15 is 0 Å². The molecule has 2 aromatic carbocycles. The summed E-state index contributed by atoms with van der Waals surface area (Å²) in [6, 6.07) is 14.2. The van der Waals surface area contributed by atoms with Crippen LogP contribution >= 0.6 is 0 Å². The summed E-state index contributed by atoms with van der Waals surface area (Å²) >= 11 is 0. The molecule has 4 saturated heterocycles. The quantitative estimate of drug-likeness (QED) is 0.168. The highest BCUT2D eigenvalue weighted by atomic mass is 16.2. The Kier molecular flexibility index (Phi) is 15.2. The molecule has 6 amide bonds. The maximum absolute atomic E-state index is 14.5. The van der Waals surface area contributed by atoms with E-state index in [9.17, 15) is 28.8 Å². The van der Waals surface area contributed by atoms with Crippen LogP contribution in [0, 0.1) is 0 Å². The normalized spacial score (nSPS) is 26.7. The van der Waals surface area contributed by atoms with Crippen molar-refractivity contribution in [1.82, 2.24) is 41.7 Å². The first-order valence-electron chi connectivity index (χ1n) is 21.8. The smallest absolute Gasteiger partial charge is 0.246 e. The Balaban J connectivity index is 1.23. The number of likely N-dealkylation sites (N-methyl/N-ethyl adjacent to an activating group) is 2. The Morgan fingerprint density at radius 3 is 1.31 bits per heavy atom. The summed E-state index contributed by atoms with van der Waals surface area (Å²) in [6.45, 7) is 3.49. The predicted molar refractivity (Wildman–Crippen MR) is 224 cm³/mol. The van der Waals surface area contributed by atoms with Crippen LogP contribution in [0.5, 0.6) is 0 Å². The van der Waals surface area contributed by atoms with Gasteiger partial charge in [0.1, 0.15) is 24.2 Å². The van der Waals surface area contributed by atoms with Crippen LogP contribution in [0.25, 0.3) is 0 Å². The lowest BCUT2D eigenvalue weighted by atomic mass is 9.93. The molecule has 4 heterocycles. The lowest BCUT2D eigenvalue weighted by Crippen LogP contribution is -2.58. The summed E-state index contributed by atoms with van der Waals surface area (Å²) in [5, 5.41) is 18.4. The Labute approximate surface area is 348 Å². The van der Waals surface area contributed by atoms with Crippen molar-refractivity contribution in [2.45, 2.75) is 158 Å². The average Bonchev–Trinajstić information content (AvgIpc) is 3.87. The number of carbonyl (C=O) groups excluding carboxylic acids is 6. The van der Waals surface area contributed by atoms with E-state index in [2.05, 4.69) is 31.9 Å². The maximum atomic E-state index is 14.5. The zero-order valence-corrected chi connectivity index (χ0v) is 35.1. The molecule has 0 spiro atoms. The first-order chi connectivity index (χ1) is 28.5.